The minimum absolute atomic E-state index is 0.614. The highest BCUT2D eigenvalue weighted by Crippen LogP contribution is 2.31. The molecule has 4 nitrogen and oxygen atoms in total. The van der Waals surface area contributed by atoms with Crippen molar-refractivity contribution in [1.29, 1.82) is 0 Å². The predicted molar refractivity (Wildman–Crippen MR) is 88.9 cm³/mol. The molecule has 2 aromatic carbocycles. The summed E-state index contributed by atoms with van der Waals surface area (Å²) >= 11 is 3.30. The van der Waals surface area contributed by atoms with Gasteiger partial charge < -0.3 is 4.52 Å². The molecule has 0 amide bonds. The number of thioether (sulfide) groups is 1. The van der Waals surface area contributed by atoms with Crippen molar-refractivity contribution in [2.45, 2.75) is 10.1 Å². The van der Waals surface area contributed by atoms with Crippen molar-refractivity contribution in [3.05, 3.63) is 60.5 Å². The topological polar surface area (TPSA) is 51.8 Å². The molecule has 0 N–H and O–H groups in total. The van der Waals surface area contributed by atoms with Gasteiger partial charge in [0, 0.05) is 5.56 Å². The molecule has 0 aliphatic heterocycles. The average Bonchev–Trinajstić information content (AvgIpc) is 3.20. The summed E-state index contributed by atoms with van der Waals surface area (Å²) in [5.74, 6) is 1.86. The monoisotopic (exact) mass is 325 g/mol. The average molecular weight is 325 g/mol. The lowest BCUT2D eigenvalue weighted by Gasteiger charge is -1.91. The first-order chi connectivity index (χ1) is 10.9. The third-order valence-corrected chi connectivity index (χ3v) is 5.26. The van der Waals surface area contributed by atoms with Crippen molar-refractivity contribution in [3.63, 3.8) is 0 Å². The molecule has 108 valence electrons. The molecule has 2 heterocycles. The number of hydrogen-bond acceptors (Lipinski definition) is 6. The standard InChI is InChI=1S/C16H11N3OS2/c1-2-6-11(7-3-1)15-18-14(20-19-15)10-21-16-17-12-8-4-5-9-13(12)22-16/h1-9H,10H2. The lowest BCUT2D eigenvalue weighted by Crippen LogP contribution is -1.82. The lowest BCUT2D eigenvalue weighted by atomic mass is 10.2. The minimum atomic E-state index is 0.614. The van der Waals surface area contributed by atoms with E-state index in [9.17, 15) is 0 Å². The molecular formula is C16H11N3OS2. The second-order valence-corrected chi connectivity index (χ2v) is 6.87. The van der Waals surface area contributed by atoms with Crippen LogP contribution >= 0.6 is 23.1 Å². The van der Waals surface area contributed by atoms with Gasteiger partial charge in [-0.1, -0.05) is 59.4 Å². The van der Waals surface area contributed by atoms with Crippen molar-refractivity contribution in [1.82, 2.24) is 15.1 Å². The second-order valence-electron chi connectivity index (χ2n) is 4.61. The van der Waals surface area contributed by atoms with Crippen molar-refractivity contribution >= 4 is 33.3 Å². The van der Waals surface area contributed by atoms with Crippen LogP contribution < -0.4 is 0 Å². The normalized spacial score (nSPS) is 11.1. The van der Waals surface area contributed by atoms with Gasteiger partial charge in [0.1, 0.15) is 0 Å². The molecule has 0 atom stereocenters. The highest BCUT2D eigenvalue weighted by molar-refractivity contribution is 8.00. The third-order valence-electron chi connectivity index (χ3n) is 3.09. The van der Waals surface area contributed by atoms with Gasteiger partial charge in [-0.3, -0.25) is 0 Å². The minimum Gasteiger partial charge on any atom is -0.338 e. The van der Waals surface area contributed by atoms with Gasteiger partial charge in [0.2, 0.25) is 11.7 Å². The van der Waals surface area contributed by atoms with Crippen LogP contribution in [0.5, 0.6) is 0 Å². The van der Waals surface area contributed by atoms with Gasteiger partial charge >= 0.3 is 0 Å². The van der Waals surface area contributed by atoms with Gasteiger partial charge in [-0.25, -0.2) is 4.98 Å². The van der Waals surface area contributed by atoms with Crippen LogP contribution in [0.2, 0.25) is 0 Å². The maximum Gasteiger partial charge on any atom is 0.237 e. The smallest absolute Gasteiger partial charge is 0.237 e. The van der Waals surface area contributed by atoms with E-state index in [1.165, 1.54) is 4.70 Å². The van der Waals surface area contributed by atoms with Crippen LogP contribution in [0.3, 0.4) is 0 Å². The van der Waals surface area contributed by atoms with Gasteiger partial charge in [-0.05, 0) is 12.1 Å². The van der Waals surface area contributed by atoms with Crippen LogP contribution in [0.4, 0.5) is 0 Å². The number of thiazole rings is 1. The van der Waals surface area contributed by atoms with Crippen LogP contribution in [0.15, 0.2) is 63.5 Å². The molecule has 0 fully saturated rings. The molecule has 2 aromatic heterocycles. The summed E-state index contributed by atoms with van der Waals surface area (Å²) in [5.41, 5.74) is 1.99. The molecule has 0 spiro atoms. The predicted octanol–water partition coefficient (Wildman–Crippen LogP) is 4.64. The quantitative estimate of drug-likeness (QED) is 0.512. The maximum atomic E-state index is 5.31. The molecule has 0 saturated heterocycles. The number of benzene rings is 2. The largest absolute Gasteiger partial charge is 0.338 e. The first kappa shape index (κ1) is 13.5. The van der Waals surface area contributed by atoms with Gasteiger partial charge in [0.05, 0.1) is 16.0 Å². The zero-order valence-corrected chi connectivity index (χ0v) is 13.1. The number of para-hydroxylation sites is 1. The summed E-state index contributed by atoms with van der Waals surface area (Å²) < 4.78 is 7.52. The summed E-state index contributed by atoms with van der Waals surface area (Å²) in [4.78, 5) is 9.01. The van der Waals surface area contributed by atoms with E-state index in [1.54, 1.807) is 23.1 Å². The van der Waals surface area contributed by atoms with Gasteiger partial charge in [-0.2, -0.15) is 4.98 Å². The van der Waals surface area contributed by atoms with Crippen LogP contribution in [0.1, 0.15) is 5.89 Å². The molecule has 22 heavy (non-hydrogen) atoms. The van der Waals surface area contributed by atoms with E-state index in [0.717, 1.165) is 15.4 Å². The zero-order chi connectivity index (χ0) is 14.8. The zero-order valence-electron chi connectivity index (χ0n) is 11.5. The molecule has 0 aliphatic rings. The highest BCUT2D eigenvalue weighted by Gasteiger charge is 2.10. The Morgan fingerprint density at radius 3 is 2.64 bits per heavy atom. The lowest BCUT2D eigenvalue weighted by molar-refractivity contribution is 0.391. The number of aromatic nitrogens is 3. The second kappa shape index (κ2) is 5.90. The molecule has 0 bridgehead atoms. The number of hydrogen-bond donors (Lipinski definition) is 0. The Bertz CT molecular complexity index is 869. The molecule has 0 unspecified atom stereocenters. The van der Waals surface area contributed by atoms with Crippen molar-refractivity contribution in [3.8, 4) is 11.4 Å². The van der Waals surface area contributed by atoms with Gasteiger partial charge in [0.15, 0.2) is 4.34 Å². The Labute approximate surface area is 135 Å². The van der Waals surface area contributed by atoms with E-state index in [0.29, 0.717) is 17.5 Å². The fourth-order valence-electron chi connectivity index (χ4n) is 2.05. The summed E-state index contributed by atoms with van der Waals surface area (Å²) in [7, 11) is 0. The summed E-state index contributed by atoms with van der Waals surface area (Å²) in [6.45, 7) is 0. The molecule has 4 aromatic rings. The van der Waals surface area contributed by atoms with E-state index < -0.39 is 0 Å². The van der Waals surface area contributed by atoms with E-state index >= 15 is 0 Å². The molecule has 6 heteroatoms. The number of rotatable bonds is 4. The molecule has 4 rings (SSSR count). The van der Waals surface area contributed by atoms with E-state index in [1.807, 2.05) is 48.5 Å². The third kappa shape index (κ3) is 2.75. The highest BCUT2D eigenvalue weighted by atomic mass is 32.2. The SMILES string of the molecule is c1ccc(-c2noc(CSc3nc4ccccc4s3)n2)cc1. The fraction of sp³-hybridized carbons (Fsp3) is 0.0625. The summed E-state index contributed by atoms with van der Waals surface area (Å²) in [6, 6.07) is 18.0. The van der Waals surface area contributed by atoms with Crippen LogP contribution in [-0.2, 0) is 5.75 Å². The van der Waals surface area contributed by atoms with Crippen LogP contribution in [-0.4, -0.2) is 15.1 Å². The van der Waals surface area contributed by atoms with Gasteiger partial charge in [0.25, 0.3) is 0 Å². The Hall–Kier alpha value is -2.18. The van der Waals surface area contributed by atoms with E-state index in [2.05, 4.69) is 21.2 Å². The Kier molecular flexibility index (Phi) is 3.62. The van der Waals surface area contributed by atoms with Crippen molar-refractivity contribution < 1.29 is 4.52 Å². The summed E-state index contributed by atoms with van der Waals surface area (Å²) in [6.07, 6.45) is 0. The molecule has 0 saturated carbocycles. The molecule has 0 radical (unpaired) electrons. The number of fused-ring (bicyclic) bond motifs is 1. The van der Waals surface area contributed by atoms with E-state index in [-0.39, 0.29) is 0 Å². The fourth-order valence-corrected chi connectivity index (χ4v) is 3.96. The Morgan fingerprint density at radius 1 is 0.955 bits per heavy atom. The van der Waals surface area contributed by atoms with Crippen molar-refractivity contribution in [2.75, 3.05) is 0 Å². The molecular weight excluding hydrogens is 314 g/mol. The van der Waals surface area contributed by atoms with Crippen LogP contribution in [0.25, 0.3) is 21.6 Å². The van der Waals surface area contributed by atoms with Crippen LogP contribution in [0, 0.1) is 0 Å². The summed E-state index contributed by atoms with van der Waals surface area (Å²) in [5, 5.41) is 4.03. The van der Waals surface area contributed by atoms with E-state index in [4.69, 9.17) is 4.52 Å². The van der Waals surface area contributed by atoms with Crippen molar-refractivity contribution in [2.24, 2.45) is 0 Å². The Balaban J connectivity index is 1.49. The Morgan fingerprint density at radius 2 is 1.77 bits per heavy atom. The number of nitrogens with zero attached hydrogens (tertiary/aromatic N) is 3. The van der Waals surface area contributed by atoms with Gasteiger partial charge in [-0.15, -0.1) is 11.3 Å². The first-order valence-corrected chi connectivity index (χ1v) is 8.55. The first-order valence-electron chi connectivity index (χ1n) is 6.75. The maximum absolute atomic E-state index is 5.31. The molecule has 0 aliphatic carbocycles.